The summed E-state index contributed by atoms with van der Waals surface area (Å²) in [6.07, 6.45) is -3.29. The molecule has 0 bridgehead atoms. The molecule has 2 nitrogen and oxygen atoms in total. The molecule has 0 amide bonds. The molecule has 0 aromatic carbocycles. The second-order valence-corrected chi connectivity index (χ2v) is 5.00. The Hall–Kier alpha value is -0.290. The molecule has 0 aliphatic carbocycles. The van der Waals surface area contributed by atoms with E-state index in [9.17, 15) is 13.2 Å². The summed E-state index contributed by atoms with van der Waals surface area (Å²) in [7, 11) is 0. The van der Waals surface area contributed by atoms with Crippen LogP contribution in [-0.4, -0.2) is 32.0 Å². The third kappa shape index (κ3) is 7.93. The molecule has 0 aromatic rings. The van der Waals surface area contributed by atoms with Gasteiger partial charge in [0.25, 0.3) is 0 Å². The first kappa shape index (κ1) is 15.7. The molecule has 0 aromatic heterocycles. The Morgan fingerprint density at radius 3 is 2.12 bits per heavy atom. The molecule has 1 atom stereocenters. The maximum atomic E-state index is 11.9. The number of hydrogen-bond donors (Lipinski definition) is 1. The van der Waals surface area contributed by atoms with Crippen LogP contribution in [0.15, 0.2) is 0 Å². The van der Waals surface area contributed by atoms with Crippen LogP contribution in [0.5, 0.6) is 0 Å². The van der Waals surface area contributed by atoms with Crippen molar-refractivity contribution in [3.05, 3.63) is 0 Å². The van der Waals surface area contributed by atoms with Gasteiger partial charge >= 0.3 is 6.18 Å². The fourth-order valence-corrected chi connectivity index (χ4v) is 1.23. The molecule has 98 valence electrons. The lowest BCUT2D eigenvalue weighted by atomic mass is 9.87. The van der Waals surface area contributed by atoms with Crippen LogP contribution in [0.25, 0.3) is 0 Å². The van der Waals surface area contributed by atoms with E-state index in [2.05, 4.69) is 5.32 Å². The average Bonchev–Trinajstić information content (AvgIpc) is 2.06. The number of rotatable bonds is 6. The second-order valence-electron chi connectivity index (χ2n) is 5.00. The summed E-state index contributed by atoms with van der Waals surface area (Å²) < 4.78 is 40.4. The third-order valence-corrected chi connectivity index (χ3v) is 2.24. The molecule has 16 heavy (non-hydrogen) atoms. The third-order valence-electron chi connectivity index (χ3n) is 2.24. The fourth-order valence-electron chi connectivity index (χ4n) is 1.23. The van der Waals surface area contributed by atoms with E-state index in [1.807, 2.05) is 27.7 Å². The summed E-state index contributed by atoms with van der Waals surface area (Å²) in [4.78, 5) is 0. The highest BCUT2D eigenvalue weighted by Gasteiger charge is 2.30. The van der Waals surface area contributed by atoms with E-state index >= 15 is 0 Å². The Morgan fingerprint density at radius 2 is 1.75 bits per heavy atom. The van der Waals surface area contributed by atoms with E-state index in [-0.39, 0.29) is 18.1 Å². The first-order chi connectivity index (χ1) is 7.17. The van der Waals surface area contributed by atoms with Crippen LogP contribution in [-0.2, 0) is 4.74 Å². The van der Waals surface area contributed by atoms with Crippen molar-refractivity contribution in [1.82, 2.24) is 5.32 Å². The Balaban J connectivity index is 4.03. The van der Waals surface area contributed by atoms with Gasteiger partial charge in [-0.05, 0) is 18.4 Å². The van der Waals surface area contributed by atoms with Gasteiger partial charge in [0.1, 0.15) is 6.61 Å². The molecule has 0 rings (SSSR count). The molecule has 0 aliphatic heterocycles. The molecule has 0 spiro atoms. The molecular formula is C11H22F3NO. The molecule has 1 unspecified atom stereocenters. The van der Waals surface area contributed by atoms with Crippen molar-refractivity contribution in [2.24, 2.45) is 5.41 Å². The van der Waals surface area contributed by atoms with E-state index in [0.29, 0.717) is 0 Å². The van der Waals surface area contributed by atoms with Gasteiger partial charge in [0.05, 0.1) is 6.61 Å². The van der Waals surface area contributed by atoms with E-state index in [0.717, 1.165) is 13.0 Å². The lowest BCUT2D eigenvalue weighted by molar-refractivity contribution is -0.176. The Kier molecular flexibility index (Phi) is 6.33. The molecular weight excluding hydrogens is 219 g/mol. The predicted octanol–water partition coefficient (Wildman–Crippen LogP) is 2.98. The zero-order valence-electron chi connectivity index (χ0n) is 10.4. The molecule has 0 heterocycles. The Labute approximate surface area is 95.5 Å². The summed E-state index contributed by atoms with van der Waals surface area (Å²) in [6, 6.07) is -0.0604. The fraction of sp³-hybridized carbons (Fsp3) is 1.00. The van der Waals surface area contributed by atoms with Crippen molar-refractivity contribution in [2.45, 2.75) is 46.3 Å². The summed E-state index contributed by atoms with van der Waals surface area (Å²) in [5.74, 6) is 0. The first-order valence-electron chi connectivity index (χ1n) is 5.54. The van der Waals surface area contributed by atoms with Crippen molar-refractivity contribution in [3.63, 3.8) is 0 Å². The molecule has 0 radical (unpaired) electrons. The van der Waals surface area contributed by atoms with Crippen LogP contribution in [0.1, 0.15) is 34.1 Å². The summed E-state index contributed by atoms with van der Waals surface area (Å²) in [5, 5.41) is 3.20. The van der Waals surface area contributed by atoms with E-state index < -0.39 is 12.8 Å². The Bertz CT molecular complexity index is 187. The van der Waals surface area contributed by atoms with Gasteiger partial charge in [-0.1, -0.05) is 27.7 Å². The summed E-state index contributed by atoms with van der Waals surface area (Å²) in [6.45, 7) is 7.67. The predicted molar refractivity (Wildman–Crippen MR) is 58.4 cm³/mol. The molecule has 5 heteroatoms. The SMILES string of the molecule is CCCNC(COCC(F)(F)F)C(C)(C)C. The van der Waals surface area contributed by atoms with Gasteiger partial charge in [-0.25, -0.2) is 0 Å². The summed E-state index contributed by atoms with van der Waals surface area (Å²) >= 11 is 0. The highest BCUT2D eigenvalue weighted by molar-refractivity contribution is 4.80. The van der Waals surface area contributed by atoms with Crippen molar-refractivity contribution in [2.75, 3.05) is 19.8 Å². The van der Waals surface area contributed by atoms with Crippen LogP contribution in [0.2, 0.25) is 0 Å². The van der Waals surface area contributed by atoms with Gasteiger partial charge < -0.3 is 10.1 Å². The van der Waals surface area contributed by atoms with Crippen molar-refractivity contribution < 1.29 is 17.9 Å². The standard InChI is InChI=1S/C11H22F3NO/c1-5-6-15-9(10(2,3)4)7-16-8-11(12,13)14/h9,15H,5-8H2,1-4H3. The largest absolute Gasteiger partial charge is 0.411 e. The number of nitrogens with one attached hydrogen (secondary N) is 1. The molecule has 0 saturated carbocycles. The van der Waals surface area contributed by atoms with Gasteiger partial charge in [-0.2, -0.15) is 13.2 Å². The molecule has 0 saturated heterocycles. The highest BCUT2D eigenvalue weighted by atomic mass is 19.4. The van der Waals surface area contributed by atoms with E-state index in [1.165, 1.54) is 0 Å². The lowest BCUT2D eigenvalue weighted by Crippen LogP contribution is -2.44. The topological polar surface area (TPSA) is 21.3 Å². The van der Waals surface area contributed by atoms with Crippen LogP contribution < -0.4 is 5.32 Å². The number of halogens is 3. The first-order valence-corrected chi connectivity index (χ1v) is 5.54. The van der Waals surface area contributed by atoms with Gasteiger partial charge in [0.2, 0.25) is 0 Å². The zero-order chi connectivity index (χ0) is 12.8. The van der Waals surface area contributed by atoms with Crippen molar-refractivity contribution in [3.8, 4) is 0 Å². The molecule has 0 aliphatic rings. The van der Waals surface area contributed by atoms with Gasteiger partial charge in [-0.3, -0.25) is 0 Å². The minimum atomic E-state index is -4.24. The van der Waals surface area contributed by atoms with E-state index in [1.54, 1.807) is 0 Å². The lowest BCUT2D eigenvalue weighted by Gasteiger charge is -2.31. The van der Waals surface area contributed by atoms with Crippen molar-refractivity contribution in [1.29, 1.82) is 0 Å². The average molecular weight is 241 g/mol. The minimum absolute atomic E-state index is 0.0604. The maximum absolute atomic E-state index is 11.9. The smallest absolute Gasteiger partial charge is 0.370 e. The zero-order valence-corrected chi connectivity index (χ0v) is 10.4. The number of ether oxygens (including phenoxy) is 1. The van der Waals surface area contributed by atoms with Crippen molar-refractivity contribution >= 4 is 0 Å². The summed E-state index contributed by atoms with van der Waals surface area (Å²) in [5.41, 5.74) is -0.110. The van der Waals surface area contributed by atoms with Gasteiger partial charge in [0.15, 0.2) is 0 Å². The van der Waals surface area contributed by atoms with Gasteiger partial charge in [-0.15, -0.1) is 0 Å². The van der Waals surface area contributed by atoms with Crippen LogP contribution >= 0.6 is 0 Å². The molecule has 0 fully saturated rings. The van der Waals surface area contributed by atoms with Crippen LogP contribution in [0.3, 0.4) is 0 Å². The quantitative estimate of drug-likeness (QED) is 0.772. The highest BCUT2D eigenvalue weighted by Crippen LogP contribution is 2.21. The number of hydrogen-bond acceptors (Lipinski definition) is 2. The maximum Gasteiger partial charge on any atom is 0.411 e. The van der Waals surface area contributed by atoms with Crippen LogP contribution in [0.4, 0.5) is 13.2 Å². The number of alkyl halides is 3. The van der Waals surface area contributed by atoms with Crippen LogP contribution in [0, 0.1) is 5.41 Å². The monoisotopic (exact) mass is 241 g/mol. The minimum Gasteiger partial charge on any atom is -0.370 e. The normalized spacial score (nSPS) is 15.2. The second kappa shape index (κ2) is 6.45. The van der Waals surface area contributed by atoms with E-state index in [4.69, 9.17) is 4.74 Å². The Morgan fingerprint density at radius 1 is 1.19 bits per heavy atom. The molecule has 1 N–H and O–H groups in total. The van der Waals surface area contributed by atoms with Gasteiger partial charge in [0, 0.05) is 6.04 Å².